The molecule has 1 saturated heterocycles. The van der Waals surface area contributed by atoms with Gasteiger partial charge in [0.05, 0.1) is 11.2 Å². The van der Waals surface area contributed by atoms with Gasteiger partial charge >= 0.3 is 0 Å². The van der Waals surface area contributed by atoms with E-state index < -0.39 is 0 Å². The van der Waals surface area contributed by atoms with Crippen molar-refractivity contribution < 1.29 is 9.47 Å². The summed E-state index contributed by atoms with van der Waals surface area (Å²) in [5.74, 6) is 0.775. The van der Waals surface area contributed by atoms with E-state index in [2.05, 4.69) is 28.1 Å². The summed E-state index contributed by atoms with van der Waals surface area (Å²) in [6, 6.07) is 0. The summed E-state index contributed by atoms with van der Waals surface area (Å²) < 4.78 is 15.9. The Morgan fingerprint density at radius 3 is 2.75 bits per heavy atom. The summed E-state index contributed by atoms with van der Waals surface area (Å²) in [5.41, 5.74) is -0.107. The molecule has 1 aliphatic carbocycles. The smallest absolute Gasteiger partial charge is 0.205 e. The maximum absolute atomic E-state index is 6.42. The van der Waals surface area contributed by atoms with Crippen LogP contribution in [0.25, 0.3) is 0 Å². The fourth-order valence-electron chi connectivity index (χ4n) is 3.49. The van der Waals surface area contributed by atoms with Crippen LogP contribution < -0.4 is 4.90 Å². The first-order valence-electron chi connectivity index (χ1n) is 7.29. The fourth-order valence-corrected chi connectivity index (χ4v) is 4.16. The number of methoxy groups -OCH3 is 1. The van der Waals surface area contributed by atoms with E-state index in [1.165, 1.54) is 24.4 Å². The van der Waals surface area contributed by atoms with E-state index in [-0.39, 0.29) is 11.2 Å². The zero-order valence-electron chi connectivity index (χ0n) is 12.5. The van der Waals surface area contributed by atoms with Crippen molar-refractivity contribution in [1.29, 1.82) is 0 Å². The molecule has 5 nitrogen and oxygen atoms in total. The normalized spacial score (nSPS) is 24.4. The van der Waals surface area contributed by atoms with Crippen LogP contribution in [0, 0.1) is 0 Å². The zero-order chi connectivity index (χ0) is 14.2. The average Bonchev–Trinajstić information content (AvgIpc) is 2.97. The maximum Gasteiger partial charge on any atom is 0.205 e. The van der Waals surface area contributed by atoms with Crippen LogP contribution in [0.2, 0.25) is 0 Å². The molecule has 0 atom stereocenters. The predicted octanol–water partition coefficient (Wildman–Crippen LogP) is 2.61. The van der Waals surface area contributed by atoms with Crippen LogP contribution >= 0.6 is 11.5 Å². The SMILES string of the molecule is COCc1nsc(N2CC(C)(C)OC3(CCCC3)C2)n1. The number of nitrogens with zero attached hydrogens (tertiary/aromatic N) is 3. The van der Waals surface area contributed by atoms with Crippen molar-refractivity contribution in [2.75, 3.05) is 25.1 Å². The van der Waals surface area contributed by atoms with Crippen LogP contribution in [0.1, 0.15) is 45.4 Å². The van der Waals surface area contributed by atoms with Gasteiger partial charge in [0.15, 0.2) is 5.82 Å². The number of morpholine rings is 1. The van der Waals surface area contributed by atoms with Gasteiger partial charge < -0.3 is 14.4 Å². The Labute approximate surface area is 124 Å². The first-order chi connectivity index (χ1) is 9.52. The summed E-state index contributed by atoms with van der Waals surface area (Å²) in [7, 11) is 1.67. The zero-order valence-corrected chi connectivity index (χ0v) is 13.3. The molecule has 0 N–H and O–H groups in total. The number of anilines is 1. The fraction of sp³-hybridized carbons (Fsp3) is 0.857. The molecule has 0 radical (unpaired) electrons. The summed E-state index contributed by atoms with van der Waals surface area (Å²) in [6.45, 7) is 6.65. The Balaban J connectivity index is 1.80. The molecule has 0 aromatic carbocycles. The second-order valence-corrected chi connectivity index (χ2v) is 7.26. The van der Waals surface area contributed by atoms with E-state index in [1.54, 1.807) is 7.11 Å². The van der Waals surface area contributed by atoms with Crippen molar-refractivity contribution >= 4 is 16.7 Å². The van der Waals surface area contributed by atoms with Crippen molar-refractivity contribution in [1.82, 2.24) is 9.36 Å². The Morgan fingerprint density at radius 2 is 2.05 bits per heavy atom. The first-order valence-corrected chi connectivity index (χ1v) is 8.06. The Bertz CT molecular complexity index is 469. The highest BCUT2D eigenvalue weighted by Crippen LogP contribution is 2.42. The molecule has 0 amide bonds. The Morgan fingerprint density at radius 1 is 1.30 bits per heavy atom. The van der Waals surface area contributed by atoms with Crippen molar-refractivity contribution in [2.24, 2.45) is 0 Å². The van der Waals surface area contributed by atoms with Gasteiger partial charge in [0, 0.05) is 31.7 Å². The average molecular weight is 297 g/mol. The number of hydrogen-bond acceptors (Lipinski definition) is 6. The molecule has 0 unspecified atom stereocenters. The minimum atomic E-state index is -0.129. The van der Waals surface area contributed by atoms with E-state index in [1.807, 2.05) is 0 Å². The molecule has 3 rings (SSSR count). The lowest BCUT2D eigenvalue weighted by molar-refractivity contribution is -0.148. The van der Waals surface area contributed by atoms with Crippen LogP contribution in [-0.4, -0.2) is 40.8 Å². The number of hydrogen-bond donors (Lipinski definition) is 0. The quantitative estimate of drug-likeness (QED) is 0.858. The first kappa shape index (κ1) is 14.2. The number of aromatic nitrogens is 2. The topological polar surface area (TPSA) is 47.5 Å². The highest BCUT2D eigenvalue weighted by molar-refractivity contribution is 7.09. The van der Waals surface area contributed by atoms with Gasteiger partial charge in [0.2, 0.25) is 5.13 Å². The minimum Gasteiger partial charge on any atom is -0.377 e. The second-order valence-electron chi connectivity index (χ2n) is 6.53. The molecule has 1 aromatic rings. The molecule has 1 aliphatic heterocycles. The third-order valence-electron chi connectivity index (χ3n) is 4.06. The molecule has 112 valence electrons. The molecule has 2 heterocycles. The lowest BCUT2D eigenvalue weighted by Gasteiger charge is -2.48. The number of ether oxygens (including phenoxy) is 2. The maximum atomic E-state index is 6.42. The molecular formula is C14H23N3O2S. The summed E-state index contributed by atoms with van der Waals surface area (Å²) in [5, 5.41) is 1.000. The summed E-state index contributed by atoms with van der Waals surface area (Å²) >= 11 is 1.47. The lowest BCUT2D eigenvalue weighted by Crippen LogP contribution is -2.58. The van der Waals surface area contributed by atoms with Gasteiger partial charge in [-0.2, -0.15) is 4.37 Å². The lowest BCUT2D eigenvalue weighted by atomic mass is 9.94. The molecule has 20 heavy (non-hydrogen) atoms. The van der Waals surface area contributed by atoms with E-state index in [0.717, 1.165) is 36.9 Å². The largest absolute Gasteiger partial charge is 0.377 e. The van der Waals surface area contributed by atoms with Crippen molar-refractivity contribution in [3.05, 3.63) is 5.82 Å². The van der Waals surface area contributed by atoms with Gasteiger partial charge in [0.25, 0.3) is 0 Å². The third-order valence-corrected chi connectivity index (χ3v) is 4.87. The van der Waals surface area contributed by atoms with Crippen LogP contribution in [0.15, 0.2) is 0 Å². The van der Waals surface area contributed by atoms with Gasteiger partial charge in [0.1, 0.15) is 6.61 Å². The Kier molecular flexibility index (Phi) is 3.73. The highest BCUT2D eigenvalue weighted by atomic mass is 32.1. The molecule has 1 aromatic heterocycles. The van der Waals surface area contributed by atoms with Crippen molar-refractivity contribution in [3.63, 3.8) is 0 Å². The van der Waals surface area contributed by atoms with E-state index >= 15 is 0 Å². The third kappa shape index (κ3) is 2.82. The standard InChI is InChI=1S/C14H23N3O2S/c1-13(2)9-17(10-14(19-13)6-4-5-7-14)12-15-11(8-18-3)16-20-12/h4-10H2,1-3H3. The molecule has 0 bridgehead atoms. The molecule has 6 heteroatoms. The van der Waals surface area contributed by atoms with Gasteiger partial charge in [-0.3, -0.25) is 0 Å². The second kappa shape index (κ2) is 5.24. The van der Waals surface area contributed by atoms with Crippen molar-refractivity contribution in [3.8, 4) is 0 Å². The number of rotatable bonds is 3. The van der Waals surface area contributed by atoms with Crippen LogP contribution in [-0.2, 0) is 16.1 Å². The molecule has 1 saturated carbocycles. The van der Waals surface area contributed by atoms with E-state index in [0.29, 0.717) is 6.61 Å². The molecule has 2 aliphatic rings. The summed E-state index contributed by atoms with van der Waals surface area (Å²) in [6.07, 6.45) is 4.87. The molecule has 1 spiro atoms. The minimum absolute atomic E-state index is 0.0227. The van der Waals surface area contributed by atoms with Crippen LogP contribution in [0.5, 0.6) is 0 Å². The molecular weight excluding hydrogens is 274 g/mol. The predicted molar refractivity (Wildman–Crippen MR) is 79.2 cm³/mol. The highest BCUT2D eigenvalue weighted by Gasteiger charge is 2.46. The van der Waals surface area contributed by atoms with E-state index in [4.69, 9.17) is 9.47 Å². The van der Waals surface area contributed by atoms with Gasteiger partial charge in [-0.15, -0.1) is 0 Å². The van der Waals surface area contributed by atoms with E-state index in [9.17, 15) is 0 Å². The summed E-state index contributed by atoms with van der Waals surface area (Å²) in [4.78, 5) is 6.95. The Hall–Kier alpha value is -0.720. The van der Waals surface area contributed by atoms with Crippen LogP contribution in [0.3, 0.4) is 0 Å². The van der Waals surface area contributed by atoms with Gasteiger partial charge in [-0.05, 0) is 26.7 Å². The monoisotopic (exact) mass is 297 g/mol. The van der Waals surface area contributed by atoms with Gasteiger partial charge in [-0.25, -0.2) is 4.98 Å². The van der Waals surface area contributed by atoms with Gasteiger partial charge in [-0.1, -0.05) is 12.8 Å². The molecule has 2 fully saturated rings. The van der Waals surface area contributed by atoms with Crippen LogP contribution in [0.4, 0.5) is 5.13 Å². The van der Waals surface area contributed by atoms with Crippen molar-refractivity contribution in [2.45, 2.75) is 57.3 Å².